The number of hydrogen-bond donors (Lipinski definition) is 4. The van der Waals surface area contributed by atoms with Crippen molar-refractivity contribution in [2.24, 2.45) is 0 Å². The second-order valence-corrected chi connectivity index (χ2v) is 7.50. The first-order valence-corrected chi connectivity index (χ1v) is 8.84. The van der Waals surface area contributed by atoms with E-state index in [1.807, 2.05) is 24.3 Å². The first kappa shape index (κ1) is 18.6. The number of ether oxygens (including phenoxy) is 1. The number of benzene rings is 2. The molecule has 1 aliphatic heterocycles. The highest BCUT2D eigenvalue weighted by Crippen LogP contribution is 2.38. The first-order valence-electron chi connectivity index (χ1n) is 8.47. The molecule has 1 aliphatic rings. The minimum atomic E-state index is -0.825. The summed E-state index contributed by atoms with van der Waals surface area (Å²) in [7, 11) is 0. The number of rotatable bonds is 6. The van der Waals surface area contributed by atoms with Gasteiger partial charge in [0.05, 0.1) is 11.8 Å². The van der Waals surface area contributed by atoms with Gasteiger partial charge in [0.2, 0.25) is 0 Å². The van der Waals surface area contributed by atoms with E-state index in [0.29, 0.717) is 28.6 Å². The van der Waals surface area contributed by atoms with Gasteiger partial charge in [-0.25, -0.2) is 0 Å². The number of β-amino-alcohol motifs (C(OH)–C–C–N with tert-alkyl or cyclic N) is 1. The third kappa shape index (κ3) is 4.49. The monoisotopic (exact) mass is 374 g/mol. The molecule has 0 amide bonds. The lowest BCUT2D eigenvalue weighted by molar-refractivity contribution is 0.157. The summed E-state index contributed by atoms with van der Waals surface area (Å²) in [5.41, 5.74) is 2.09. The SMILES string of the molecule is CC(C)(Cc1ccc(Cl)cc1)NCC(O)c1cc(O)cc2c1OC=CN2. The van der Waals surface area contributed by atoms with Crippen LogP contribution < -0.4 is 15.4 Å². The number of phenolic OH excluding ortho intramolecular Hbond substituents is 1. The smallest absolute Gasteiger partial charge is 0.156 e. The zero-order valence-electron chi connectivity index (χ0n) is 14.8. The fourth-order valence-corrected chi connectivity index (χ4v) is 3.13. The predicted molar refractivity (Wildman–Crippen MR) is 104 cm³/mol. The van der Waals surface area contributed by atoms with Crippen LogP contribution >= 0.6 is 11.6 Å². The normalized spacial score (nSPS) is 14.3. The maximum absolute atomic E-state index is 10.6. The van der Waals surface area contributed by atoms with Gasteiger partial charge in [-0.2, -0.15) is 0 Å². The van der Waals surface area contributed by atoms with E-state index in [4.69, 9.17) is 16.3 Å². The lowest BCUT2D eigenvalue weighted by atomic mass is 9.94. The number of phenols is 1. The average Bonchev–Trinajstić information content (AvgIpc) is 2.61. The van der Waals surface area contributed by atoms with E-state index in [-0.39, 0.29) is 11.3 Å². The molecule has 1 unspecified atom stereocenters. The van der Waals surface area contributed by atoms with E-state index in [0.717, 1.165) is 12.0 Å². The third-order valence-corrected chi connectivity index (χ3v) is 4.54. The van der Waals surface area contributed by atoms with Gasteiger partial charge < -0.3 is 25.6 Å². The van der Waals surface area contributed by atoms with E-state index >= 15 is 0 Å². The number of aromatic hydroxyl groups is 1. The largest absolute Gasteiger partial charge is 0.508 e. The van der Waals surface area contributed by atoms with Gasteiger partial charge in [0.1, 0.15) is 12.0 Å². The molecule has 6 heteroatoms. The highest BCUT2D eigenvalue weighted by molar-refractivity contribution is 6.30. The van der Waals surface area contributed by atoms with Crippen molar-refractivity contribution in [3.05, 3.63) is 65.0 Å². The van der Waals surface area contributed by atoms with E-state index in [2.05, 4.69) is 24.5 Å². The van der Waals surface area contributed by atoms with Crippen LogP contribution in [0.1, 0.15) is 31.1 Å². The maximum atomic E-state index is 10.6. The third-order valence-electron chi connectivity index (χ3n) is 4.29. The lowest BCUT2D eigenvalue weighted by Crippen LogP contribution is -2.43. The molecule has 0 aromatic heterocycles. The van der Waals surface area contributed by atoms with Gasteiger partial charge in [0.15, 0.2) is 5.75 Å². The molecule has 0 radical (unpaired) electrons. The Balaban J connectivity index is 1.67. The molecule has 2 aromatic carbocycles. The molecule has 4 N–H and O–H groups in total. The average molecular weight is 375 g/mol. The summed E-state index contributed by atoms with van der Waals surface area (Å²) >= 11 is 5.93. The molecular formula is C20H23ClN2O3. The summed E-state index contributed by atoms with van der Waals surface area (Å²) in [5, 5.41) is 27.6. The van der Waals surface area contributed by atoms with Crippen molar-refractivity contribution in [1.29, 1.82) is 0 Å². The van der Waals surface area contributed by atoms with E-state index < -0.39 is 6.10 Å². The standard InChI is InChI=1S/C20H23ClN2O3/c1-20(2,11-13-3-5-14(21)6-4-13)23-12-18(25)16-9-15(24)10-17-19(16)26-8-7-22-17/h3-10,18,22-25H,11-12H2,1-2H3. The summed E-state index contributed by atoms with van der Waals surface area (Å²) in [4.78, 5) is 0. The Hall–Kier alpha value is -2.21. The highest BCUT2D eigenvalue weighted by Gasteiger charge is 2.23. The Morgan fingerprint density at radius 3 is 2.69 bits per heavy atom. The molecule has 3 rings (SSSR count). The molecular weight excluding hydrogens is 352 g/mol. The van der Waals surface area contributed by atoms with Gasteiger partial charge in [0.25, 0.3) is 0 Å². The van der Waals surface area contributed by atoms with Crippen molar-refractivity contribution in [2.45, 2.75) is 31.9 Å². The summed E-state index contributed by atoms with van der Waals surface area (Å²) in [5.74, 6) is 0.597. The van der Waals surface area contributed by atoms with E-state index in [9.17, 15) is 10.2 Å². The van der Waals surface area contributed by atoms with Gasteiger partial charge in [0, 0.05) is 34.9 Å². The Bertz CT molecular complexity index is 803. The van der Waals surface area contributed by atoms with Crippen LogP contribution in [0.3, 0.4) is 0 Å². The number of halogens is 1. The molecule has 1 atom stereocenters. The Morgan fingerprint density at radius 2 is 1.96 bits per heavy atom. The van der Waals surface area contributed by atoms with Crippen molar-refractivity contribution < 1.29 is 14.9 Å². The van der Waals surface area contributed by atoms with Crippen LogP contribution in [0.15, 0.2) is 48.9 Å². The fraction of sp³-hybridized carbons (Fsp3) is 0.300. The minimum Gasteiger partial charge on any atom is -0.508 e. The number of aliphatic hydroxyl groups excluding tert-OH is 1. The second-order valence-electron chi connectivity index (χ2n) is 7.06. The first-order chi connectivity index (χ1) is 12.3. The quantitative estimate of drug-likeness (QED) is 0.615. The topological polar surface area (TPSA) is 73.8 Å². The zero-order chi connectivity index (χ0) is 18.7. The minimum absolute atomic E-state index is 0.0737. The molecule has 0 bridgehead atoms. The van der Waals surface area contributed by atoms with Crippen molar-refractivity contribution in [2.75, 3.05) is 11.9 Å². The summed E-state index contributed by atoms with van der Waals surface area (Å²) in [6, 6.07) is 10.8. The van der Waals surface area contributed by atoms with Crippen LogP contribution in [0.2, 0.25) is 5.02 Å². The van der Waals surface area contributed by atoms with Crippen LogP contribution in [-0.4, -0.2) is 22.3 Å². The lowest BCUT2D eigenvalue weighted by Gasteiger charge is -2.29. The number of nitrogens with one attached hydrogen (secondary N) is 2. The van der Waals surface area contributed by atoms with Crippen molar-refractivity contribution >= 4 is 17.3 Å². The van der Waals surface area contributed by atoms with Crippen molar-refractivity contribution in [3.8, 4) is 11.5 Å². The van der Waals surface area contributed by atoms with Crippen molar-refractivity contribution in [3.63, 3.8) is 0 Å². The van der Waals surface area contributed by atoms with E-state index in [1.54, 1.807) is 12.3 Å². The number of aliphatic hydroxyl groups is 1. The molecule has 5 nitrogen and oxygen atoms in total. The summed E-state index contributed by atoms with van der Waals surface area (Å²) in [6.45, 7) is 4.48. The molecule has 0 saturated heterocycles. The van der Waals surface area contributed by atoms with Crippen LogP contribution in [0.5, 0.6) is 11.5 Å². The maximum Gasteiger partial charge on any atom is 0.156 e. The fourth-order valence-electron chi connectivity index (χ4n) is 3.01. The van der Waals surface area contributed by atoms with Crippen molar-refractivity contribution in [1.82, 2.24) is 5.32 Å². The molecule has 2 aromatic rings. The van der Waals surface area contributed by atoms with Crippen LogP contribution in [0.25, 0.3) is 0 Å². The molecule has 1 heterocycles. The molecule has 0 saturated carbocycles. The van der Waals surface area contributed by atoms with Gasteiger partial charge in [-0.1, -0.05) is 23.7 Å². The molecule has 26 heavy (non-hydrogen) atoms. The number of fused-ring (bicyclic) bond motifs is 1. The molecule has 0 spiro atoms. The second kappa shape index (κ2) is 7.58. The Kier molecular flexibility index (Phi) is 5.41. The predicted octanol–water partition coefficient (Wildman–Crippen LogP) is 3.97. The Morgan fingerprint density at radius 1 is 1.23 bits per heavy atom. The Labute approximate surface area is 158 Å². The van der Waals surface area contributed by atoms with Gasteiger partial charge in [-0.3, -0.25) is 0 Å². The number of hydrogen-bond acceptors (Lipinski definition) is 5. The zero-order valence-corrected chi connectivity index (χ0v) is 15.5. The highest BCUT2D eigenvalue weighted by atomic mass is 35.5. The van der Waals surface area contributed by atoms with Crippen LogP contribution in [0, 0.1) is 0 Å². The summed E-state index contributed by atoms with van der Waals surface area (Å²) in [6.07, 6.45) is 3.10. The van der Waals surface area contributed by atoms with Gasteiger partial charge >= 0.3 is 0 Å². The molecule has 138 valence electrons. The molecule has 0 fully saturated rings. The van der Waals surface area contributed by atoms with Gasteiger partial charge in [-0.05, 0) is 44.0 Å². The van der Waals surface area contributed by atoms with Crippen LogP contribution in [0.4, 0.5) is 5.69 Å². The summed E-state index contributed by atoms with van der Waals surface area (Å²) < 4.78 is 5.52. The van der Waals surface area contributed by atoms with E-state index in [1.165, 1.54) is 12.3 Å². The van der Waals surface area contributed by atoms with Crippen LogP contribution in [-0.2, 0) is 6.42 Å². The van der Waals surface area contributed by atoms with Gasteiger partial charge in [-0.15, -0.1) is 0 Å². The molecule has 0 aliphatic carbocycles. The number of anilines is 1.